The van der Waals surface area contributed by atoms with Crippen molar-refractivity contribution in [3.63, 3.8) is 0 Å². The van der Waals surface area contributed by atoms with Crippen molar-refractivity contribution in [2.75, 3.05) is 27.4 Å². The molecule has 206 valence electrons. The molecule has 6 rings (SSSR count). The van der Waals surface area contributed by atoms with Gasteiger partial charge < -0.3 is 28.8 Å². The van der Waals surface area contributed by atoms with Gasteiger partial charge in [0.2, 0.25) is 0 Å². The molecule has 0 aliphatic carbocycles. The van der Waals surface area contributed by atoms with E-state index in [4.69, 9.17) is 23.7 Å². The van der Waals surface area contributed by atoms with Crippen LogP contribution in [0, 0.1) is 0 Å². The highest BCUT2D eigenvalue weighted by molar-refractivity contribution is 5.49. The number of hydrogen-bond donors (Lipinski definition) is 1. The fraction of sp³-hybridized carbons (Fsp3) is 0.281. The summed E-state index contributed by atoms with van der Waals surface area (Å²) in [4.78, 5) is 12.6. The monoisotopic (exact) mass is 541 g/mol. The lowest BCUT2D eigenvalue weighted by molar-refractivity contribution is -0.204. The van der Waals surface area contributed by atoms with Crippen LogP contribution in [0.2, 0.25) is 0 Å². The first-order valence-corrected chi connectivity index (χ1v) is 13.1. The molecule has 0 amide bonds. The maximum atomic E-state index is 12.6. The molecule has 3 heterocycles. The van der Waals surface area contributed by atoms with Crippen molar-refractivity contribution < 1.29 is 28.8 Å². The number of rotatable bonds is 9. The SMILES string of the molecule is COc1ccc(C(OC[C@@]23CO[C@@H]([C@H](n4ccccc4=O)O2)[C@@H]3O)(c2ccccc2)c2ccc(OC)cc2)cc1. The van der Waals surface area contributed by atoms with Crippen LogP contribution < -0.4 is 15.0 Å². The summed E-state index contributed by atoms with van der Waals surface area (Å²) in [6.45, 7) is 0.128. The highest BCUT2D eigenvalue weighted by atomic mass is 16.7. The normalized spacial score (nSPS) is 23.7. The molecule has 2 fully saturated rings. The van der Waals surface area contributed by atoms with E-state index in [1.165, 1.54) is 10.6 Å². The molecule has 4 atom stereocenters. The third kappa shape index (κ3) is 4.30. The van der Waals surface area contributed by atoms with E-state index in [9.17, 15) is 9.90 Å². The minimum Gasteiger partial charge on any atom is -0.497 e. The van der Waals surface area contributed by atoms with Gasteiger partial charge >= 0.3 is 0 Å². The van der Waals surface area contributed by atoms with E-state index < -0.39 is 29.6 Å². The van der Waals surface area contributed by atoms with Crippen LogP contribution in [-0.2, 0) is 19.8 Å². The van der Waals surface area contributed by atoms with Crippen molar-refractivity contribution in [2.24, 2.45) is 0 Å². The molecule has 8 heteroatoms. The van der Waals surface area contributed by atoms with Crippen LogP contribution in [0.4, 0.5) is 0 Å². The zero-order valence-electron chi connectivity index (χ0n) is 22.3. The Kier molecular flexibility index (Phi) is 6.93. The summed E-state index contributed by atoms with van der Waals surface area (Å²) in [7, 11) is 3.25. The quantitative estimate of drug-likeness (QED) is 0.322. The molecule has 0 saturated carbocycles. The molecule has 0 unspecified atom stereocenters. The van der Waals surface area contributed by atoms with Gasteiger partial charge in [-0.05, 0) is 47.0 Å². The Balaban J connectivity index is 1.44. The van der Waals surface area contributed by atoms with Crippen LogP contribution in [0.5, 0.6) is 11.5 Å². The van der Waals surface area contributed by atoms with Gasteiger partial charge in [0.25, 0.3) is 5.56 Å². The van der Waals surface area contributed by atoms with Gasteiger partial charge in [-0.15, -0.1) is 0 Å². The average Bonchev–Trinajstić information content (AvgIpc) is 3.47. The number of aliphatic hydroxyl groups is 1. The Hall–Kier alpha value is -3.95. The van der Waals surface area contributed by atoms with Gasteiger partial charge in [-0.2, -0.15) is 0 Å². The van der Waals surface area contributed by atoms with Crippen LogP contribution in [0.25, 0.3) is 0 Å². The second-order valence-electron chi connectivity index (χ2n) is 10.0. The van der Waals surface area contributed by atoms with Gasteiger partial charge in [0.15, 0.2) is 6.23 Å². The largest absolute Gasteiger partial charge is 0.497 e. The average molecular weight is 542 g/mol. The fourth-order valence-corrected chi connectivity index (χ4v) is 5.69. The molecule has 40 heavy (non-hydrogen) atoms. The van der Waals surface area contributed by atoms with Gasteiger partial charge in [-0.1, -0.05) is 60.7 Å². The molecule has 8 nitrogen and oxygen atoms in total. The van der Waals surface area contributed by atoms with Crippen LogP contribution in [0.15, 0.2) is 108 Å². The van der Waals surface area contributed by atoms with E-state index in [1.54, 1.807) is 32.5 Å². The molecular weight excluding hydrogens is 510 g/mol. The first-order valence-electron chi connectivity index (χ1n) is 13.1. The van der Waals surface area contributed by atoms with E-state index in [0.29, 0.717) is 0 Å². The topological polar surface area (TPSA) is 88.4 Å². The summed E-state index contributed by atoms with van der Waals surface area (Å²) in [6, 6.07) is 30.2. The molecule has 4 aromatic rings. The van der Waals surface area contributed by atoms with Crippen molar-refractivity contribution in [1.82, 2.24) is 4.57 Å². The lowest BCUT2D eigenvalue weighted by atomic mass is 9.79. The van der Waals surface area contributed by atoms with Crippen LogP contribution in [0.3, 0.4) is 0 Å². The van der Waals surface area contributed by atoms with Crippen LogP contribution in [-0.4, -0.2) is 54.9 Å². The Morgan fingerprint density at radius 1 is 0.850 bits per heavy atom. The molecular formula is C32H31NO7. The van der Waals surface area contributed by atoms with E-state index >= 15 is 0 Å². The molecule has 2 bridgehead atoms. The number of ether oxygens (including phenoxy) is 5. The van der Waals surface area contributed by atoms with Crippen LogP contribution >= 0.6 is 0 Å². The lowest BCUT2D eigenvalue weighted by Crippen LogP contribution is -2.48. The van der Waals surface area contributed by atoms with E-state index in [0.717, 1.165) is 28.2 Å². The number of fused-ring (bicyclic) bond motifs is 2. The summed E-state index contributed by atoms with van der Waals surface area (Å²) in [6.07, 6.45) is -0.822. The highest BCUT2D eigenvalue weighted by Crippen LogP contribution is 2.48. The zero-order chi connectivity index (χ0) is 27.7. The number of nitrogens with zero attached hydrogens (tertiary/aromatic N) is 1. The highest BCUT2D eigenvalue weighted by Gasteiger charge is 2.62. The predicted molar refractivity (Wildman–Crippen MR) is 148 cm³/mol. The molecule has 3 aromatic carbocycles. The number of hydrogen-bond acceptors (Lipinski definition) is 7. The number of pyridine rings is 1. The number of aliphatic hydroxyl groups excluding tert-OH is 1. The maximum Gasteiger partial charge on any atom is 0.252 e. The van der Waals surface area contributed by atoms with Gasteiger partial charge in [0, 0.05) is 12.3 Å². The number of benzene rings is 3. The maximum absolute atomic E-state index is 12.6. The van der Waals surface area contributed by atoms with Crippen LogP contribution in [0.1, 0.15) is 22.9 Å². The van der Waals surface area contributed by atoms with E-state index in [-0.39, 0.29) is 18.8 Å². The fourth-order valence-electron chi connectivity index (χ4n) is 5.69. The first-order chi connectivity index (χ1) is 19.5. The van der Waals surface area contributed by atoms with Gasteiger partial charge in [-0.25, -0.2) is 0 Å². The molecule has 1 aromatic heterocycles. The Bertz CT molecular complexity index is 1460. The first kappa shape index (κ1) is 26.3. The zero-order valence-corrected chi connectivity index (χ0v) is 22.3. The molecule has 2 saturated heterocycles. The van der Waals surface area contributed by atoms with E-state index in [1.807, 2.05) is 78.9 Å². The van der Waals surface area contributed by atoms with Crippen molar-refractivity contribution in [1.29, 1.82) is 0 Å². The molecule has 0 radical (unpaired) electrons. The predicted octanol–water partition coefficient (Wildman–Crippen LogP) is 3.90. The number of methoxy groups -OCH3 is 2. The lowest BCUT2D eigenvalue weighted by Gasteiger charge is -2.39. The molecule has 0 spiro atoms. The summed E-state index contributed by atoms with van der Waals surface area (Å²) < 4.78 is 31.7. The minimum absolute atomic E-state index is 0.00426. The Morgan fingerprint density at radius 3 is 2.00 bits per heavy atom. The summed E-state index contributed by atoms with van der Waals surface area (Å²) in [5.41, 5.74) is 0.114. The van der Waals surface area contributed by atoms with Gasteiger partial charge in [0.05, 0.1) is 27.4 Å². The third-order valence-corrected chi connectivity index (χ3v) is 7.84. The van der Waals surface area contributed by atoms with Gasteiger partial charge in [-0.3, -0.25) is 9.36 Å². The number of aromatic nitrogens is 1. The summed E-state index contributed by atoms with van der Waals surface area (Å²) in [5.74, 6) is 1.44. The standard InChI is InChI=1S/C32H31NO7/c1-36-25-15-11-23(12-16-25)32(22-8-4-3-5-9-22,24-13-17-26(37-2)18-14-24)39-21-31-20-38-28(29(31)35)30(40-31)33-19-7-6-10-27(33)34/h3-19,28-30,35H,20-21H2,1-2H3/t28-,29+,30-,31-/m1/s1. The second-order valence-corrected chi connectivity index (χ2v) is 10.0. The van der Waals surface area contributed by atoms with Crippen molar-refractivity contribution in [3.05, 3.63) is 130 Å². The van der Waals surface area contributed by atoms with Crippen molar-refractivity contribution in [3.8, 4) is 11.5 Å². The second kappa shape index (κ2) is 10.6. The summed E-state index contributed by atoms with van der Waals surface area (Å²) in [5, 5.41) is 11.4. The molecule has 2 aliphatic rings. The third-order valence-electron chi connectivity index (χ3n) is 7.84. The van der Waals surface area contributed by atoms with E-state index in [2.05, 4.69) is 0 Å². The summed E-state index contributed by atoms with van der Waals surface area (Å²) >= 11 is 0. The minimum atomic E-state index is -1.18. The van der Waals surface area contributed by atoms with Crippen molar-refractivity contribution >= 4 is 0 Å². The molecule has 1 N–H and O–H groups in total. The Labute approximate surface area is 232 Å². The van der Waals surface area contributed by atoms with Crippen molar-refractivity contribution in [2.45, 2.75) is 29.6 Å². The Morgan fingerprint density at radius 2 is 1.43 bits per heavy atom. The smallest absolute Gasteiger partial charge is 0.252 e. The van der Waals surface area contributed by atoms with Gasteiger partial charge in [0.1, 0.15) is 34.9 Å². The molecule has 2 aliphatic heterocycles.